The van der Waals surface area contributed by atoms with Gasteiger partial charge in [0.15, 0.2) is 0 Å². The number of nitrogens with zero attached hydrogens (tertiary/aromatic N) is 2. The third-order valence-corrected chi connectivity index (χ3v) is 3.01. The van der Waals surface area contributed by atoms with Crippen molar-refractivity contribution in [3.63, 3.8) is 0 Å². The lowest BCUT2D eigenvalue weighted by molar-refractivity contribution is -0.384. The molecule has 0 spiro atoms. The number of benzene rings is 1. The van der Waals surface area contributed by atoms with Gasteiger partial charge >= 0.3 is 0 Å². The lowest BCUT2D eigenvalue weighted by Crippen LogP contribution is -2.35. The first kappa shape index (κ1) is 15.9. The van der Waals surface area contributed by atoms with Gasteiger partial charge in [-0.1, -0.05) is 6.07 Å². The van der Waals surface area contributed by atoms with Crippen LogP contribution in [0.3, 0.4) is 0 Å². The Hall–Kier alpha value is -2.15. The Morgan fingerprint density at radius 1 is 1.55 bits per heavy atom. The summed E-state index contributed by atoms with van der Waals surface area (Å²) in [6.07, 6.45) is -0.781. The highest BCUT2D eigenvalue weighted by Crippen LogP contribution is 2.31. The molecule has 1 atom stereocenters. The van der Waals surface area contributed by atoms with E-state index >= 15 is 0 Å². The third-order valence-electron chi connectivity index (χ3n) is 3.01. The summed E-state index contributed by atoms with van der Waals surface area (Å²) < 4.78 is 0. The maximum Gasteiger partial charge on any atom is 0.292 e. The quantitative estimate of drug-likeness (QED) is 0.603. The number of hydrogen-bond acceptors (Lipinski definition) is 5. The zero-order chi connectivity index (χ0) is 15.3. The van der Waals surface area contributed by atoms with Crippen molar-refractivity contribution in [2.75, 3.05) is 25.0 Å². The summed E-state index contributed by atoms with van der Waals surface area (Å²) in [6, 6.07) is 4.53. The molecule has 1 amide bonds. The number of likely N-dealkylation sites (N-methyl/N-ethyl adjacent to an activating group) is 2. The molecule has 0 aromatic heterocycles. The molecule has 0 bridgehead atoms. The number of anilines is 1. The molecule has 0 aliphatic rings. The molecule has 0 fully saturated rings. The van der Waals surface area contributed by atoms with Crippen molar-refractivity contribution in [2.24, 2.45) is 0 Å². The smallest absolute Gasteiger partial charge is 0.292 e. The van der Waals surface area contributed by atoms with Crippen LogP contribution < -0.4 is 10.2 Å². The summed E-state index contributed by atoms with van der Waals surface area (Å²) in [4.78, 5) is 23.7. The van der Waals surface area contributed by atoms with Gasteiger partial charge < -0.3 is 15.3 Å². The molecular formula is C13H19N3O4. The van der Waals surface area contributed by atoms with Crippen LogP contribution in [-0.4, -0.2) is 36.1 Å². The van der Waals surface area contributed by atoms with Crippen molar-refractivity contribution in [3.8, 4) is 0 Å². The second kappa shape index (κ2) is 6.85. The second-order valence-electron chi connectivity index (χ2n) is 4.37. The van der Waals surface area contributed by atoms with E-state index in [2.05, 4.69) is 5.32 Å². The largest absolute Gasteiger partial charge is 0.389 e. The Balaban J connectivity index is 3.20. The number of hydrogen-bond donors (Lipinski definition) is 2. The van der Waals surface area contributed by atoms with Gasteiger partial charge in [0, 0.05) is 19.7 Å². The summed E-state index contributed by atoms with van der Waals surface area (Å²) in [5.74, 6) is -0.222. The van der Waals surface area contributed by atoms with E-state index in [1.807, 2.05) is 6.92 Å². The molecule has 1 aromatic rings. The summed E-state index contributed by atoms with van der Waals surface area (Å²) in [5, 5.41) is 23.2. The highest BCUT2D eigenvalue weighted by atomic mass is 16.6. The van der Waals surface area contributed by atoms with E-state index in [-0.39, 0.29) is 18.1 Å². The lowest BCUT2D eigenvalue weighted by atomic mass is 10.1. The summed E-state index contributed by atoms with van der Waals surface area (Å²) in [6.45, 7) is 3.86. The van der Waals surface area contributed by atoms with Gasteiger partial charge in [-0.2, -0.15) is 0 Å². The first-order valence-electron chi connectivity index (χ1n) is 6.32. The minimum atomic E-state index is -0.781. The normalized spacial score (nSPS) is 11.8. The zero-order valence-corrected chi connectivity index (χ0v) is 11.8. The van der Waals surface area contributed by atoms with Crippen LogP contribution in [0.5, 0.6) is 0 Å². The van der Waals surface area contributed by atoms with E-state index in [0.717, 1.165) is 0 Å². The van der Waals surface area contributed by atoms with E-state index in [9.17, 15) is 20.0 Å². The number of aliphatic hydroxyl groups is 1. The molecule has 0 saturated carbocycles. The molecule has 7 nitrogen and oxygen atoms in total. The molecule has 0 aliphatic heterocycles. The summed E-state index contributed by atoms with van der Waals surface area (Å²) >= 11 is 0. The first-order valence-corrected chi connectivity index (χ1v) is 6.32. The molecule has 0 unspecified atom stereocenters. The van der Waals surface area contributed by atoms with Crippen LogP contribution in [0, 0.1) is 10.1 Å². The fourth-order valence-electron chi connectivity index (χ4n) is 1.83. The molecule has 110 valence electrons. The highest BCUT2D eigenvalue weighted by molar-refractivity contribution is 5.82. The molecule has 0 radical (unpaired) electrons. The van der Waals surface area contributed by atoms with Crippen molar-refractivity contribution in [2.45, 2.75) is 20.0 Å². The van der Waals surface area contributed by atoms with Gasteiger partial charge in [0.05, 0.1) is 17.6 Å². The number of carbonyl (C=O) groups is 1. The minimum Gasteiger partial charge on any atom is -0.389 e. The van der Waals surface area contributed by atoms with E-state index < -0.39 is 11.0 Å². The van der Waals surface area contributed by atoms with E-state index in [1.165, 1.54) is 13.1 Å². The molecule has 0 aliphatic carbocycles. The van der Waals surface area contributed by atoms with Gasteiger partial charge in [0.1, 0.15) is 5.69 Å². The molecule has 7 heteroatoms. The number of rotatable bonds is 6. The fraction of sp³-hybridized carbons (Fsp3) is 0.462. The zero-order valence-electron chi connectivity index (χ0n) is 11.8. The minimum absolute atomic E-state index is 0.0435. The van der Waals surface area contributed by atoms with Crippen LogP contribution in [-0.2, 0) is 4.79 Å². The van der Waals surface area contributed by atoms with Gasteiger partial charge in [0.2, 0.25) is 5.91 Å². The SMILES string of the molecule is CCN(CC(=O)NC)c1ccc([C@H](C)O)cc1[N+](=O)[O-]. The summed E-state index contributed by atoms with van der Waals surface area (Å²) in [5.41, 5.74) is 0.719. The molecule has 20 heavy (non-hydrogen) atoms. The van der Waals surface area contributed by atoms with Crippen LogP contribution in [0.1, 0.15) is 25.5 Å². The Bertz CT molecular complexity index is 502. The third kappa shape index (κ3) is 3.67. The Labute approximate surface area is 117 Å². The van der Waals surface area contributed by atoms with Crippen LogP contribution in [0.25, 0.3) is 0 Å². The van der Waals surface area contributed by atoms with E-state index in [4.69, 9.17) is 0 Å². The number of carbonyl (C=O) groups excluding carboxylic acids is 1. The summed E-state index contributed by atoms with van der Waals surface area (Å²) in [7, 11) is 1.52. The van der Waals surface area contributed by atoms with E-state index in [0.29, 0.717) is 17.8 Å². The van der Waals surface area contributed by atoms with Crippen LogP contribution in [0.15, 0.2) is 18.2 Å². The fourth-order valence-corrected chi connectivity index (χ4v) is 1.83. The number of nitrogens with one attached hydrogen (secondary N) is 1. The van der Waals surface area contributed by atoms with Gasteiger partial charge in [0.25, 0.3) is 5.69 Å². The Morgan fingerprint density at radius 2 is 2.20 bits per heavy atom. The van der Waals surface area contributed by atoms with Crippen molar-refractivity contribution < 1.29 is 14.8 Å². The average molecular weight is 281 g/mol. The Kier molecular flexibility index (Phi) is 5.45. The maximum absolute atomic E-state index is 11.4. The number of aliphatic hydroxyl groups excluding tert-OH is 1. The molecule has 1 aromatic carbocycles. The van der Waals surface area contributed by atoms with Crippen molar-refractivity contribution in [1.29, 1.82) is 0 Å². The Morgan fingerprint density at radius 3 is 2.65 bits per heavy atom. The number of nitro groups is 1. The second-order valence-corrected chi connectivity index (χ2v) is 4.37. The predicted octanol–water partition coefficient (Wildman–Crippen LogP) is 1.22. The maximum atomic E-state index is 11.4. The standard InChI is InChI=1S/C13H19N3O4/c1-4-15(8-13(18)14-3)11-6-5-10(9(2)17)7-12(11)16(19)20/h5-7,9,17H,4,8H2,1-3H3,(H,14,18)/t9-/m0/s1. The van der Waals surface area contributed by atoms with Gasteiger partial charge in [-0.15, -0.1) is 0 Å². The topological polar surface area (TPSA) is 95.7 Å². The molecule has 0 heterocycles. The van der Waals surface area contributed by atoms with Gasteiger partial charge in [-0.25, -0.2) is 0 Å². The van der Waals surface area contributed by atoms with Crippen molar-refractivity contribution >= 4 is 17.3 Å². The molecular weight excluding hydrogens is 262 g/mol. The first-order chi connectivity index (χ1) is 9.40. The average Bonchev–Trinajstić information content (AvgIpc) is 2.43. The predicted molar refractivity (Wildman–Crippen MR) is 75.7 cm³/mol. The van der Waals surface area contributed by atoms with Gasteiger partial charge in [-0.05, 0) is 25.5 Å². The van der Waals surface area contributed by atoms with Gasteiger partial charge in [-0.3, -0.25) is 14.9 Å². The van der Waals surface area contributed by atoms with Crippen molar-refractivity contribution in [1.82, 2.24) is 5.32 Å². The monoisotopic (exact) mass is 281 g/mol. The number of amides is 1. The lowest BCUT2D eigenvalue weighted by Gasteiger charge is -2.22. The molecule has 1 rings (SSSR count). The molecule has 0 saturated heterocycles. The van der Waals surface area contributed by atoms with Crippen LogP contribution in [0.2, 0.25) is 0 Å². The van der Waals surface area contributed by atoms with Crippen LogP contribution in [0.4, 0.5) is 11.4 Å². The van der Waals surface area contributed by atoms with E-state index in [1.54, 1.807) is 24.0 Å². The highest BCUT2D eigenvalue weighted by Gasteiger charge is 2.21. The van der Waals surface area contributed by atoms with Crippen LogP contribution >= 0.6 is 0 Å². The molecule has 2 N–H and O–H groups in total. The van der Waals surface area contributed by atoms with Crippen molar-refractivity contribution in [3.05, 3.63) is 33.9 Å². The number of nitro benzene ring substituents is 1.